The Kier molecular flexibility index (Phi) is 7.54. The lowest BCUT2D eigenvalue weighted by Gasteiger charge is -2.07. The second kappa shape index (κ2) is 9.69. The molecule has 0 saturated carbocycles. The van der Waals surface area contributed by atoms with Crippen molar-refractivity contribution in [2.75, 3.05) is 0 Å². The molecule has 0 nitrogen and oxygen atoms in total. The van der Waals surface area contributed by atoms with Crippen LogP contribution in [0.15, 0.2) is 46.6 Å². The summed E-state index contributed by atoms with van der Waals surface area (Å²) in [6, 6.07) is 8.79. The molecule has 0 unspecified atom stereocenters. The molecule has 0 heterocycles. The van der Waals surface area contributed by atoms with Crippen molar-refractivity contribution in [2.45, 2.75) is 69.2 Å². The van der Waals surface area contributed by atoms with Gasteiger partial charge in [0.1, 0.15) is 0 Å². The van der Waals surface area contributed by atoms with E-state index in [9.17, 15) is 0 Å². The third-order valence-electron chi connectivity index (χ3n) is 5.79. The van der Waals surface area contributed by atoms with Crippen LogP contribution < -0.4 is 0 Å². The first-order valence-electron chi connectivity index (χ1n) is 10.6. The zero-order valence-electron chi connectivity index (χ0n) is 20.3. The predicted molar refractivity (Wildman–Crippen MR) is 132 cm³/mol. The van der Waals surface area contributed by atoms with Crippen LogP contribution in [0.5, 0.6) is 0 Å². The van der Waals surface area contributed by atoms with Gasteiger partial charge in [-0.2, -0.15) is 0 Å². The molecule has 30 heavy (non-hydrogen) atoms. The van der Waals surface area contributed by atoms with Gasteiger partial charge in [0.2, 0.25) is 0 Å². The topological polar surface area (TPSA) is 0 Å². The third-order valence-corrected chi connectivity index (χ3v) is 5.79. The summed E-state index contributed by atoms with van der Waals surface area (Å²) in [6.07, 6.45) is 0. The van der Waals surface area contributed by atoms with Gasteiger partial charge in [0.15, 0.2) is 0 Å². The van der Waals surface area contributed by atoms with Gasteiger partial charge in [-0.15, -0.1) is 0 Å². The summed E-state index contributed by atoms with van der Waals surface area (Å²) < 4.78 is 0. The molecule has 0 amide bonds. The van der Waals surface area contributed by atoms with Crippen molar-refractivity contribution >= 4 is 0 Å². The van der Waals surface area contributed by atoms with Gasteiger partial charge in [0, 0.05) is 22.3 Å². The third kappa shape index (κ3) is 5.55. The van der Waals surface area contributed by atoms with Crippen molar-refractivity contribution in [3.8, 4) is 23.7 Å². The van der Waals surface area contributed by atoms with Gasteiger partial charge in [0.05, 0.1) is 0 Å². The number of rotatable bonds is 1. The Bertz CT molecular complexity index is 1030. The molecule has 0 spiro atoms. The number of aryl methyl sites for hydroxylation is 6. The van der Waals surface area contributed by atoms with E-state index in [0.29, 0.717) is 0 Å². The maximum Gasteiger partial charge on any atom is 0.0307 e. The van der Waals surface area contributed by atoms with Gasteiger partial charge in [-0.1, -0.05) is 59.1 Å². The average molecular weight is 395 g/mol. The molecular formula is C30H34. The summed E-state index contributed by atoms with van der Waals surface area (Å²) >= 11 is 0. The monoisotopic (exact) mass is 394 g/mol. The maximum atomic E-state index is 3.39. The number of benzene rings is 2. The van der Waals surface area contributed by atoms with E-state index in [2.05, 4.69) is 117 Å². The molecule has 2 aromatic carbocycles. The molecule has 0 aliphatic rings. The lowest BCUT2D eigenvalue weighted by Crippen LogP contribution is -1.92. The largest absolute Gasteiger partial charge is 0.0661 e. The fraction of sp³-hybridized carbons (Fsp3) is 0.333. The molecule has 0 aliphatic carbocycles. The SMILES string of the molecule is C/C(C#Cc1c(C)cc(C)cc1C)=C(C)\C(C)=C(/C)C#Cc1c(C)cc(C)cc1C. The zero-order valence-corrected chi connectivity index (χ0v) is 20.3. The van der Waals surface area contributed by atoms with E-state index < -0.39 is 0 Å². The first-order chi connectivity index (χ1) is 14.0. The van der Waals surface area contributed by atoms with Crippen LogP contribution in [-0.4, -0.2) is 0 Å². The van der Waals surface area contributed by atoms with Crippen molar-refractivity contribution in [3.63, 3.8) is 0 Å². The first kappa shape index (κ1) is 23.3. The van der Waals surface area contributed by atoms with Crippen LogP contribution >= 0.6 is 0 Å². The lowest BCUT2D eigenvalue weighted by atomic mass is 9.97. The van der Waals surface area contributed by atoms with Crippen molar-refractivity contribution in [3.05, 3.63) is 91.1 Å². The Morgan fingerprint density at radius 2 is 0.767 bits per heavy atom. The molecular weight excluding hydrogens is 360 g/mol. The number of hydrogen-bond donors (Lipinski definition) is 0. The van der Waals surface area contributed by atoms with Crippen LogP contribution in [0, 0.1) is 65.2 Å². The fourth-order valence-corrected chi connectivity index (χ4v) is 3.82. The van der Waals surface area contributed by atoms with Gasteiger partial charge in [-0.05, 0) is 103 Å². The number of hydrogen-bond acceptors (Lipinski definition) is 0. The Morgan fingerprint density at radius 1 is 0.500 bits per heavy atom. The summed E-state index contributed by atoms with van der Waals surface area (Å²) in [5, 5.41) is 0. The Morgan fingerprint density at radius 3 is 1.03 bits per heavy atom. The summed E-state index contributed by atoms with van der Waals surface area (Å²) in [4.78, 5) is 0. The molecule has 0 aliphatic heterocycles. The molecule has 0 N–H and O–H groups in total. The van der Waals surface area contributed by atoms with Crippen LogP contribution in [0.2, 0.25) is 0 Å². The molecule has 0 aromatic heterocycles. The minimum atomic E-state index is 1.09. The standard InChI is InChI=1S/C30H34/c1-19-15-23(5)29(24(6)16-19)13-11-21(3)27(9)28(10)22(4)12-14-30-25(7)17-20(2)18-26(30)8/h15-18H,1-10H3/b27-21+,28-22+. The van der Waals surface area contributed by atoms with Gasteiger partial charge < -0.3 is 0 Å². The fourth-order valence-electron chi connectivity index (χ4n) is 3.82. The average Bonchev–Trinajstić information content (AvgIpc) is 2.64. The molecule has 2 aromatic rings. The zero-order chi connectivity index (χ0) is 22.6. The van der Waals surface area contributed by atoms with E-state index in [1.165, 1.54) is 44.5 Å². The quantitative estimate of drug-likeness (QED) is 0.345. The minimum absolute atomic E-state index is 1.09. The molecule has 0 fully saturated rings. The van der Waals surface area contributed by atoms with Gasteiger partial charge >= 0.3 is 0 Å². The lowest BCUT2D eigenvalue weighted by molar-refractivity contribution is 1.25. The highest BCUT2D eigenvalue weighted by Crippen LogP contribution is 2.20. The second-order valence-corrected chi connectivity index (χ2v) is 8.55. The highest BCUT2D eigenvalue weighted by atomic mass is 14.1. The summed E-state index contributed by atoms with van der Waals surface area (Å²) in [6.45, 7) is 21.3. The Hall–Kier alpha value is -2.96. The van der Waals surface area contributed by atoms with E-state index in [1.54, 1.807) is 0 Å². The molecule has 0 atom stereocenters. The smallest absolute Gasteiger partial charge is 0.0307 e. The minimum Gasteiger partial charge on any atom is -0.0661 e. The predicted octanol–water partition coefficient (Wildman–Crippen LogP) is 7.61. The van der Waals surface area contributed by atoms with Gasteiger partial charge in [-0.25, -0.2) is 0 Å². The van der Waals surface area contributed by atoms with Crippen LogP contribution in [0.1, 0.15) is 72.2 Å². The molecule has 2 rings (SSSR count). The van der Waals surface area contributed by atoms with Crippen molar-refractivity contribution < 1.29 is 0 Å². The van der Waals surface area contributed by atoms with Crippen LogP contribution in [0.3, 0.4) is 0 Å². The Balaban J connectivity index is 2.40. The highest BCUT2D eigenvalue weighted by molar-refractivity contribution is 5.55. The van der Waals surface area contributed by atoms with Crippen molar-refractivity contribution in [2.24, 2.45) is 0 Å². The Labute approximate surface area is 184 Å². The molecule has 0 heteroatoms. The van der Waals surface area contributed by atoms with E-state index in [4.69, 9.17) is 0 Å². The first-order valence-corrected chi connectivity index (χ1v) is 10.6. The maximum absolute atomic E-state index is 3.39. The van der Waals surface area contributed by atoms with E-state index in [0.717, 1.165) is 22.3 Å². The van der Waals surface area contributed by atoms with E-state index >= 15 is 0 Å². The summed E-state index contributed by atoms with van der Waals surface area (Å²) in [5.41, 5.74) is 14.4. The van der Waals surface area contributed by atoms with Gasteiger partial charge in [-0.3, -0.25) is 0 Å². The second-order valence-electron chi connectivity index (χ2n) is 8.55. The van der Waals surface area contributed by atoms with E-state index in [1.807, 2.05) is 0 Å². The molecule has 0 saturated heterocycles. The molecule has 0 bridgehead atoms. The normalized spacial score (nSPS) is 12.2. The number of allylic oxidation sites excluding steroid dienone is 4. The van der Waals surface area contributed by atoms with E-state index in [-0.39, 0.29) is 0 Å². The highest BCUT2D eigenvalue weighted by Gasteiger charge is 2.04. The van der Waals surface area contributed by atoms with Gasteiger partial charge in [0.25, 0.3) is 0 Å². The van der Waals surface area contributed by atoms with Crippen molar-refractivity contribution in [1.82, 2.24) is 0 Å². The summed E-state index contributed by atoms with van der Waals surface area (Å²) in [7, 11) is 0. The molecule has 0 radical (unpaired) electrons. The van der Waals surface area contributed by atoms with Crippen molar-refractivity contribution in [1.29, 1.82) is 0 Å². The molecule has 154 valence electrons. The summed E-state index contributed by atoms with van der Waals surface area (Å²) in [5.74, 6) is 13.6. The van der Waals surface area contributed by atoms with Crippen LogP contribution in [0.25, 0.3) is 0 Å². The van der Waals surface area contributed by atoms with Crippen LogP contribution in [0.4, 0.5) is 0 Å². The van der Waals surface area contributed by atoms with Crippen LogP contribution in [-0.2, 0) is 0 Å².